The molecule has 1 aliphatic rings. The minimum absolute atomic E-state index is 0. The molecule has 1 aliphatic heterocycles. The van der Waals surface area contributed by atoms with Gasteiger partial charge < -0.3 is 29.0 Å². The number of fused-ring (bicyclic) bond motifs is 1. The predicted molar refractivity (Wildman–Crippen MR) is 120 cm³/mol. The van der Waals surface area contributed by atoms with Crippen molar-refractivity contribution in [2.24, 2.45) is 0 Å². The van der Waals surface area contributed by atoms with Crippen molar-refractivity contribution in [3.8, 4) is 17.2 Å². The van der Waals surface area contributed by atoms with Gasteiger partial charge in [-0.15, -0.1) is 0 Å². The third-order valence-corrected chi connectivity index (χ3v) is 5.44. The number of para-hydroxylation sites is 3. The summed E-state index contributed by atoms with van der Waals surface area (Å²) < 4.78 is 17.3. The van der Waals surface area contributed by atoms with Gasteiger partial charge in [0.2, 0.25) is 0 Å². The van der Waals surface area contributed by atoms with Crippen molar-refractivity contribution in [3.63, 3.8) is 0 Å². The van der Waals surface area contributed by atoms with Gasteiger partial charge in [0.05, 0.1) is 24.7 Å². The fourth-order valence-corrected chi connectivity index (χ4v) is 3.72. The number of nitrogens with zero attached hydrogens (tertiary/aromatic N) is 1. The summed E-state index contributed by atoms with van der Waals surface area (Å²) in [6.07, 6.45) is 0.176. The van der Waals surface area contributed by atoms with Crippen LogP contribution in [0.25, 0.3) is 0 Å². The van der Waals surface area contributed by atoms with Crippen molar-refractivity contribution in [2.45, 2.75) is 18.9 Å². The number of carboxylic acid groups (broad SMARTS) is 1. The molecular weight excluding hydrogens is 429 g/mol. The molecule has 33 heavy (non-hydrogen) atoms. The molecule has 1 unspecified atom stereocenters. The molecule has 3 aromatic carbocycles. The topological polar surface area (TPSA) is 71.1 Å². The summed E-state index contributed by atoms with van der Waals surface area (Å²) in [5.41, 5.74) is 0.424. The van der Waals surface area contributed by atoms with Crippen molar-refractivity contribution in [3.05, 3.63) is 84.4 Å². The first-order valence-corrected chi connectivity index (χ1v) is 10.7. The van der Waals surface area contributed by atoms with Crippen LogP contribution >= 0.6 is 0 Å². The van der Waals surface area contributed by atoms with Gasteiger partial charge in [-0.25, -0.2) is 0 Å². The van der Waals surface area contributed by atoms with E-state index in [1.165, 1.54) is 6.92 Å². The van der Waals surface area contributed by atoms with Crippen LogP contribution in [0.1, 0.15) is 12.5 Å². The number of ether oxygens (including phenoxy) is 3. The number of carboxylic acids is 1. The minimum atomic E-state index is -1.48. The van der Waals surface area contributed by atoms with Gasteiger partial charge in [0, 0.05) is 6.42 Å². The normalized spacial score (nSPS) is 14.2. The monoisotopic (exact) mass is 455 g/mol. The molecule has 0 radical (unpaired) electrons. The molecular formula is C26H26NNaO5. The Morgan fingerprint density at radius 1 is 1.00 bits per heavy atom. The summed E-state index contributed by atoms with van der Waals surface area (Å²) in [6.45, 7) is 4.29. The van der Waals surface area contributed by atoms with E-state index in [4.69, 9.17) is 14.2 Å². The number of carbonyl (C=O) groups is 1. The van der Waals surface area contributed by atoms with Gasteiger partial charge in [-0.2, -0.15) is 0 Å². The molecule has 1 atom stereocenters. The van der Waals surface area contributed by atoms with Gasteiger partial charge >= 0.3 is 29.6 Å². The van der Waals surface area contributed by atoms with E-state index in [2.05, 4.69) is 11.0 Å². The Morgan fingerprint density at radius 3 is 2.42 bits per heavy atom. The molecule has 0 aliphatic carbocycles. The second kappa shape index (κ2) is 11.5. The third-order valence-electron chi connectivity index (χ3n) is 5.44. The van der Waals surface area contributed by atoms with Gasteiger partial charge in [0.25, 0.3) is 0 Å². The summed E-state index contributed by atoms with van der Waals surface area (Å²) in [5, 5.41) is 11.8. The van der Waals surface area contributed by atoms with Gasteiger partial charge in [-0.05, 0) is 48.9 Å². The smallest absolute Gasteiger partial charge is 0.546 e. The number of anilines is 1. The molecule has 7 heteroatoms. The Labute approximate surface area is 216 Å². The summed E-state index contributed by atoms with van der Waals surface area (Å²) in [7, 11) is 0. The number of hydrogen-bond donors (Lipinski definition) is 0. The maximum absolute atomic E-state index is 11.8. The van der Waals surface area contributed by atoms with Gasteiger partial charge in [-0.3, -0.25) is 0 Å². The molecule has 0 bridgehead atoms. The molecule has 0 saturated heterocycles. The van der Waals surface area contributed by atoms with E-state index in [-0.39, 0.29) is 36.0 Å². The molecule has 6 nitrogen and oxygen atoms in total. The molecule has 3 aromatic rings. The standard InChI is InChI=1S/C26H27NO5.Na/c1-26(25(28)29,32-22-7-3-2-4-8-22)19-20-11-13-21(14-12-20)30-17-15-27-16-18-31-24-10-6-5-9-23(24)27;/h2-14H,15-19H2,1H3,(H,28,29);/q;+1/p-1. The van der Waals surface area contributed by atoms with Crippen LogP contribution in [0.3, 0.4) is 0 Å². The van der Waals surface area contributed by atoms with E-state index in [0.29, 0.717) is 19.0 Å². The summed E-state index contributed by atoms with van der Waals surface area (Å²) in [4.78, 5) is 14.1. The van der Waals surface area contributed by atoms with E-state index in [9.17, 15) is 9.90 Å². The molecule has 0 aromatic heterocycles. The Morgan fingerprint density at radius 2 is 1.70 bits per heavy atom. The molecule has 0 fully saturated rings. The fraction of sp³-hybridized carbons (Fsp3) is 0.269. The van der Waals surface area contributed by atoms with Crippen LogP contribution in [-0.2, 0) is 11.2 Å². The van der Waals surface area contributed by atoms with Crippen molar-refractivity contribution < 1.29 is 53.7 Å². The van der Waals surface area contributed by atoms with Crippen molar-refractivity contribution in [2.75, 3.05) is 31.2 Å². The van der Waals surface area contributed by atoms with Crippen LogP contribution in [0.15, 0.2) is 78.9 Å². The van der Waals surface area contributed by atoms with E-state index in [1.54, 1.807) is 24.3 Å². The largest absolute Gasteiger partial charge is 1.00 e. The van der Waals surface area contributed by atoms with Crippen molar-refractivity contribution in [1.29, 1.82) is 0 Å². The average Bonchev–Trinajstić information content (AvgIpc) is 2.81. The van der Waals surface area contributed by atoms with E-state index >= 15 is 0 Å². The second-order valence-corrected chi connectivity index (χ2v) is 7.91. The Bertz CT molecular complexity index is 1040. The molecule has 0 N–H and O–H groups in total. The third kappa shape index (κ3) is 6.44. The maximum Gasteiger partial charge on any atom is 1.00 e. The SMILES string of the molecule is CC(Cc1ccc(OCCN2CCOc3ccccc32)cc1)(Oc1ccccc1)C(=O)[O-].[Na+]. The van der Waals surface area contributed by atoms with Crippen LogP contribution in [0.2, 0.25) is 0 Å². The van der Waals surface area contributed by atoms with Crippen molar-refractivity contribution in [1.82, 2.24) is 0 Å². The molecule has 0 spiro atoms. The van der Waals surface area contributed by atoms with Gasteiger partial charge in [0.15, 0.2) is 0 Å². The molecule has 4 rings (SSSR count). The Balaban J connectivity index is 0.00000306. The van der Waals surface area contributed by atoms with Crippen LogP contribution < -0.4 is 53.8 Å². The molecule has 166 valence electrons. The van der Waals surface area contributed by atoms with Crippen LogP contribution in [0, 0.1) is 0 Å². The number of hydrogen-bond acceptors (Lipinski definition) is 6. The molecule has 1 heterocycles. The fourth-order valence-electron chi connectivity index (χ4n) is 3.72. The summed E-state index contributed by atoms with van der Waals surface area (Å²) >= 11 is 0. The zero-order valence-corrected chi connectivity index (χ0v) is 21.0. The van der Waals surface area contributed by atoms with E-state index in [1.807, 2.05) is 48.5 Å². The zero-order valence-electron chi connectivity index (χ0n) is 19.0. The van der Waals surface area contributed by atoms with Crippen LogP contribution in [-0.4, -0.2) is 37.9 Å². The zero-order chi connectivity index (χ0) is 22.4. The Kier molecular flexibility index (Phi) is 8.67. The first-order valence-electron chi connectivity index (χ1n) is 10.7. The summed E-state index contributed by atoms with van der Waals surface area (Å²) in [6, 6.07) is 24.3. The first kappa shape index (κ1) is 25.0. The maximum atomic E-state index is 11.8. The summed E-state index contributed by atoms with van der Waals surface area (Å²) in [5.74, 6) is 0.863. The first-order chi connectivity index (χ1) is 15.5. The predicted octanol–water partition coefficient (Wildman–Crippen LogP) is 0.0985. The molecule has 0 saturated carbocycles. The van der Waals surface area contributed by atoms with E-state index in [0.717, 1.165) is 35.8 Å². The van der Waals surface area contributed by atoms with Gasteiger partial charge in [0.1, 0.15) is 36.1 Å². The van der Waals surface area contributed by atoms with Crippen LogP contribution in [0.4, 0.5) is 5.69 Å². The number of benzene rings is 3. The molecule has 0 amide bonds. The van der Waals surface area contributed by atoms with E-state index < -0.39 is 11.6 Å². The number of rotatable bonds is 9. The quantitative estimate of drug-likeness (QED) is 0.427. The van der Waals surface area contributed by atoms with Gasteiger partial charge in [-0.1, -0.05) is 42.5 Å². The minimum Gasteiger partial charge on any atom is -0.546 e. The van der Waals surface area contributed by atoms with Crippen molar-refractivity contribution >= 4 is 11.7 Å². The number of aliphatic carboxylic acids is 1. The number of carbonyl (C=O) groups excluding carboxylic acids is 1. The van der Waals surface area contributed by atoms with Crippen LogP contribution in [0.5, 0.6) is 17.2 Å². The average molecular weight is 455 g/mol. The second-order valence-electron chi connectivity index (χ2n) is 7.91. The Hall–Kier alpha value is -2.67.